The van der Waals surface area contributed by atoms with Crippen LogP contribution >= 0.6 is 15.9 Å². The highest BCUT2D eigenvalue weighted by atomic mass is 79.9. The van der Waals surface area contributed by atoms with E-state index >= 15 is 0 Å². The van der Waals surface area contributed by atoms with Gasteiger partial charge in [-0.05, 0) is 37.1 Å². The molecule has 1 aromatic rings. The van der Waals surface area contributed by atoms with Crippen LogP contribution in [0.15, 0.2) is 28.7 Å². The molecule has 2 aliphatic rings. The molecule has 0 N–H and O–H groups in total. The Morgan fingerprint density at radius 1 is 1.30 bits per heavy atom. The Hall–Kier alpha value is -1.36. The third-order valence-corrected chi connectivity index (χ3v) is 4.28. The van der Waals surface area contributed by atoms with Crippen LogP contribution in [0.1, 0.15) is 29.6 Å². The van der Waals surface area contributed by atoms with Crippen molar-refractivity contribution in [1.29, 1.82) is 0 Å². The minimum absolute atomic E-state index is 0.141. The maximum atomic E-state index is 11.9. The lowest BCUT2D eigenvalue weighted by atomic mass is 10.1. The zero-order valence-corrected chi connectivity index (χ0v) is 12.6. The molecule has 0 bridgehead atoms. The lowest BCUT2D eigenvalue weighted by Crippen LogP contribution is -2.27. The summed E-state index contributed by atoms with van der Waals surface area (Å²) in [5, 5.41) is 0. The minimum atomic E-state index is -0.324. The molecule has 0 spiro atoms. The van der Waals surface area contributed by atoms with Gasteiger partial charge in [0.2, 0.25) is 5.91 Å². The molecule has 5 heteroatoms. The highest BCUT2D eigenvalue weighted by Gasteiger charge is 2.39. The van der Waals surface area contributed by atoms with Crippen molar-refractivity contribution in [2.24, 2.45) is 5.92 Å². The van der Waals surface area contributed by atoms with E-state index in [9.17, 15) is 9.59 Å². The first-order chi connectivity index (χ1) is 9.63. The van der Waals surface area contributed by atoms with E-state index in [1.54, 1.807) is 12.1 Å². The molecule has 0 radical (unpaired) electrons. The fourth-order valence-corrected chi connectivity index (χ4v) is 2.79. The van der Waals surface area contributed by atoms with Gasteiger partial charge in [0.25, 0.3) is 0 Å². The highest BCUT2D eigenvalue weighted by molar-refractivity contribution is 9.10. The van der Waals surface area contributed by atoms with E-state index in [-0.39, 0.29) is 17.8 Å². The van der Waals surface area contributed by atoms with Gasteiger partial charge < -0.3 is 9.64 Å². The molecule has 20 heavy (non-hydrogen) atoms. The molecule has 106 valence electrons. The summed E-state index contributed by atoms with van der Waals surface area (Å²) in [5.41, 5.74) is 0.538. The number of esters is 1. The van der Waals surface area contributed by atoms with Gasteiger partial charge in [-0.25, -0.2) is 4.79 Å². The monoisotopic (exact) mass is 337 g/mol. The maximum absolute atomic E-state index is 11.9. The molecule has 0 unspecified atom stereocenters. The molecule has 4 nitrogen and oxygen atoms in total. The number of amides is 1. The van der Waals surface area contributed by atoms with Crippen LogP contribution in [0.3, 0.4) is 0 Å². The number of rotatable bonds is 4. The van der Waals surface area contributed by atoms with E-state index in [0.29, 0.717) is 24.6 Å². The SMILES string of the molecule is O=C(OC[C@H]1CC(=O)N(C2CC2)C1)c1ccc(Br)cc1. The summed E-state index contributed by atoms with van der Waals surface area (Å²) in [6.45, 7) is 1.06. The van der Waals surface area contributed by atoms with Crippen LogP contribution in [0, 0.1) is 5.92 Å². The van der Waals surface area contributed by atoms with Gasteiger partial charge in [0.15, 0.2) is 0 Å². The number of hydrogen-bond donors (Lipinski definition) is 0. The predicted octanol–water partition coefficient (Wildman–Crippen LogP) is 2.62. The summed E-state index contributed by atoms with van der Waals surface area (Å²) in [7, 11) is 0. The van der Waals surface area contributed by atoms with Crippen molar-refractivity contribution >= 4 is 27.8 Å². The third kappa shape index (κ3) is 3.03. The number of likely N-dealkylation sites (tertiary alicyclic amines) is 1. The molecule has 1 aliphatic heterocycles. The summed E-state index contributed by atoms with van der Waals surface area (Å²) >= 11 is 3.32. The maximum Gasteiger partial charge on any atom is 0.338 e. The first-order valence-corrected chi connectivity index (χ1v) is 7.65. The van der Waals surface area contributed by atoms with Gasteiger partial charge in [-0.1, -0.05) is 15.9 Å². The van der Waals surface area contributed by atoms with E-state index in [1.807, 2.05) is 17.0 Å². The quantitative estimate of drug-likeness (QED) is 0.793. The zero-order valence-electron chi connectivity index (χ0n) is 11.0. The average Bonchev–Trinajstić information content (AvgIpc) is 3.21. The van der Waals surface area contributed by atoms with Crippen LogP contribution in [-0.2, 0) is 9.53 Å². The molecule has 0 aromatic heterocycles. The number of hydrogen-bond acceptors (Lipinski definition) is 3. The predicted molar refractivity (Wildman–Crippen MR) is 77.3 cm³/mol. The van der Waals surface area contributed by atoms with Gasteiger partial charge in [0, 0.05) is 29.4 Å². The molecule has 1 saturated carbocycles. The smallest absolute Gasteiger partial charge is 0.338 e. The Kier molecular flexibility index (Phi) is 3.78. The van der Waals surface area contributed by atoms with E-state index in [2.05, 4.69) is 15.9 Å². The van der Waals surface area contributed by atoms with Gasteiger partial charge in [0.1, 0.15) is 0 Å². The molecule has 2 fully saturated rings. The molecule has 1 atom stereocenters. The van der Waals surface area contributed by atoms with Crippen molar-refractivity contribution in [3.05, 3.63) is 34.3 Å². The number of halogens is 1. The molecule has 3 rings (SSSR count). The molecular weight excluding hydrogens is 322 g/mol. The van der Waals surface area contributed by atoms with Crippen LogP contribution < -0.4 is 0 Å². The second-order valence-electron chi connectivity index (χ2n) is 5.45. The summed E-state index contributed by atoms with van der Waals surface area (Å²) < 4.78 is 6.24. The van der Waals surface area contributed by atoms with Crippen molar-refractivity contribution in [3.63, 3.8) is 0 Å². The molecule has 1 saturated heterocycles. The fraction of sp³-hybridized carbons (Fsp3) is 0.467. The van der Waals surface area contributed by atoms with Gasteiger partial charge in [0.05, 0.1) is 12.2 Å². The second kappa shape index (κ2) is 5.56. The van der Waals surface area contributed by atoms with Crippen molar-refractivity contribution in [3.8, 4) is 0 Å². The zero-order chi connectivity index (χ0) is 14.1. The Bertz CT molecular complexity index is 524. The standard InChI is InChI=1S/C15H16BrNO3/c16-12-3-1-11(2-4-12)15(19)20-9-10-7-14(18)17(8-10)13-5-6-13/h1-4,10,13H,5-9H2/t10-/m0/s1. The van der Waals surface area contributed by atoms with E-state index in [1.165, 1.54) is 0 Å². The Morgan fingerprint density at radius 2 is 2.00 bits per heavy atom. The van der Waals surface area contributed by atoms with Crippen LogP contribution in [-0.4, -0.2) is 36.0 Å². The molecule has 1 amide bonds. The average molecular weight is 338 g/mol. The van der Waals surface area contributed by atoms with Crippen LogP contribution in [0.2, 0.25) is 0 Å². The Labute approximate surface area is 126 Å². The summed E-state index contributed by atoms with van der Waals surface area (Å²) in [6.07, 6.45) is 2.75. The van der Waals surface area contributed by atoms with Crippen molar-refractivity contribution < 1.29 is 14.3 Å². The second-order valence-corrected chi connectivity index (χ2v) is 6.37. The number of carbonyl (C=O) groups excluding carboxylic acids is 2. The normalized spacial score (nSPS) is 22.1. The number of carbonyl (C=O) groups is 2. The molecule has 1 aliphatic carbocycles. The minimum Gasteiger partial charge on any atom is -0.462 e. The summed E-state index contributed by atoms with van der Waals surface area (Å²) in [6, 6.07) is 7.52. The number of nitrogens with zero attached hydrogens (tertiary/aromatic N) is 1. The van der Waals surface area contributed by atoms with Crippen LogP contribution in [0.25, 0.3) is 0 Å². The molecule has 1 heterocycles. The van der Waals surface area contributed by atoms with Gasteiger partial charge in [-0.3, -0.25) is 4.79 Å². The van der Waals surface area contributed by atoms with Gasteiger partial charge in [-0.15, -0.1) is 0 Å². The lowest BCUT2D eigenvalue weighted by Gasteiger charge is -2.15. The Morgan fingerprint density at radius 3 is 2.65 bits per heavy atom. The number of benzene rings is 1. The van der Waals surface area contributed by atoms with Crippen LogP contribution in [0.5, 0.6) is 0 Å². The van der Waals surface area contributed by atoms with Gasteiger partial charge in [-0.2, -0.15) is 0 Å². The first kappa shape index (κ1) is 13.6. The topological polar surface area (TPSA) is 46.6 Å². The summed E-state index contributed by atoms with van der Waals surface area (Å²) in [5.74, 6) is 0.0227. The molecular formula is C15H16BrNO3. The van der Waals surface area contributed by atoms with Gasteiger partial charge >= 0.3 is 5.97 Å². The third-order valence-electron chi connectivity index (χ3n) is 3.76. The first-order valence-electron chi connectivity index (χ1n) is 6.85. The highest BCUT2D eigenvalue weighted by Crippen LogP contribution is 2.32. The number of ether oxygens (including phenoxy) is 1. The summed E-state index contributed by atoms with van der Waals surface area (Å²) in [4.78, 5) is 25.6. The van der Waals surface area contributed by atoms with Crippen molar-refractivity contribution in [1.82, 2.24) is 4.90 Å². The van der Waals surface area contributed by atoms with E-state index in [4.69, 9.17) is 4.74 Å². The van der Waals surface area contributed by atoms with Crippen molar-refractivity contribution in [2.45, 2.75) is 25.3 Å². The Balaban J connectivity index is 1.51. The van der Waals surface area contributed by atoms with E-state index in [0.717, 1.165) is 23.9 Å². The molecule has 1 aromatic carbocycles. The van der Waals surface area contributed by atoms with E-state index < -0.39 is 0 Å². The van der Waals surface area contributed by atoms with Crippen molar-refractivity contribution in [2.75, 3.05) is 13.2 Å². The fourth-order valence-electron chi connectivity index (χ4n) is 2.52. The largest absolute Gasteiger partial charge is 0.462 e. The lowest BCUT2D eigenvalue weighted by molar-refractivity contribution is -0.128. The van der Waals surface area contributed by atoms with Crippen LogP contribution in [0.4, 0.5) is 0 Å².